The Labute approximate surface area is 152 Å². The lowest BCUT2D eigenvalue weighted by atomic mass is 10.2. The minimum atomic E-state index is 0.0256. The van der Waals surface area contributed by atoms with Crippen molar-refractivity contribution in [1.29, 1.82) is 0 Å². The molecule has 0 aliphatic carbocycles. The average molecular weight is 349 g/mol. The van der Waals surface area contributed by atoms with E-state index in [0.717, 1.165) is 35.4 Å². The summed E-state index contributed by atoms with van der Waals surface area (Å²) in [6.45, 7) is 5.23. The number of carbonyl (C=O) groups excluding carboxylic acids is 1. The summed E-state index contributed by atoms with van der Waals surface area (Å²) in [5, 5.41) is 5.69. The van der Waals surface area contributed by atoms with E-state index in [1.54, 1.807) is 0 Å². The van der Waals surface area contributed by atoms with Crippen LogP contribution in [-0.4, -0.2) is 53.3 Å². The predicted octanol–water partition coefficient (Wildman–Crippen LogP) is 1.94. The molecule has 134 valence electrons. The highest BCUT2D eigenvalue weighted by atomic mass is 16.2. The van der Waals surface area contributed by atoms with Gasteiger partial charge in [0.2, 0.25) is 5.91 Å². The largest absolute Gasteiger partial charge is 0.368 e. The zero-order valence-corrected chi connectivity index (χ0v) is 14.9. The molecule has 2 N–H and O–H groups in total. The highest BCUT2D eigenvalue weighted by Gasteiger charge is 2.20. The van der Waals surface area contributed by atoms with Gasteiger partial charge in [0.25, 0.3) is 0 Å². The van der Waals surface area contributed by atoms with Gasteiger partial charge in [-0.2, -0.15) is 5.10 Å². The number of benzene rings is 2. The van der Waals surface area contributed by atoms with Crippen molar-refractivity contribution < 1.29 is 4.79 Å². The number of aryl methyl sites for hydroxylation is 1. The molecule has 3 aromatic rings. The van der Waals surface area contributed by atoms with Crippen LogP contribution in [0, 0.1) is 6.92 Å². The van der Waals surface area contributed by atoms with Crippen molar-refractivity contribution in [1.82, 2.24) is 14.7 Å². The Morgan fingerprint density at radius 2 is 1.88 bits per heavy atom. The van der Waals surface area contributed by atoms with Crippen LogP contribution < -0.4 is 10.6 Å². The van der Waals surface area contributed by atoms with Crippen molar-refractivity contribution in [3.05, 3.63) is 54.2 Å². The van der Waals surface area contributed by atoms with Crippen LogP contribution in [0.15, 0.2) is 48.7 Å². The van der Waals surface area contributed by atoms with Gasteiger partial charge in [-0.15, -0.1) is 0 Å². The van der Waals surface area contributed by atoms with Gasteiger partial charge in [-0.3, -0.25) is 4.79 Å². The van der Waals surface area contributed by atoms with E-state index in [2.05, 4.69) is 59.4 Å². The van der Waals surface area contributed by atoms with E-state index >= 15 is 0 Å². The SMILES string of the molecule is Cc1cccc(-n2ncc3ccc(N4CCN(C(=O)CN)CC4)cc32)c1. The Morgan fingerprint density at radius 1 is 1.08 bits per heavy atom. The van der Waals surface area contributed by atoms with Gasteiger partial charge in [-0.1, -0.05) is 12.1 Å². The van der Waals surface area contributed by atoms with Crippen molar-refractivity contribution >= 4 is 22.5 Å². The number of nitrogens with two attached hydrogens (primary N) is 1. The highest BCUT2D eigenvalue weighted by Crippen LogP contribution is 2.25. The van der Waals surface area contributed by atoms with Gasteiger partial charge in [0, 0.05) is 37.3 Å². The molecule has 1 fully saturated rings. The van der Waals surface area contributed by atoms with Crippen molar-refractivity contribution in [3.63, 3.8) is 0 Å². The number of hydrogen-bond donors (Lipinski definition) is 1. The summed E-state index contributed by atoms with van der Waals surface area (Å²) in [5.74, 6) is 0.0256. The molecule has 1 aliphatic heterocycles. The fourth-order valence-electron chi connectivity index (χ4n) is 3.51. The van der Waals surface area contributed by atoms with Gasteiger partial charge in [0.15, 0.2) is 0 Å². The summed E-state index contributed by atoms with van der Waals surface area (Å²) in [6, 6.07) is 14.8. The molecule has 0 atom stereocenters. The molecule has 1 aliphatic rings. The standard InChI is InChI=1S/C20H23N5O/c1-15-3-2-4-18(11-15)25-19-12-17(6-5-16(19)14-22-25)23-7-9-24(10-8-23)20(26)13-21/h2-6,11-12,14H,7-10,13,21H2,1H3. The Hall–Kier alpha value is -2.86. The highest BCUT2D eigenvalue weighted by molar-refractivity contribution is 5.84. The molecule has 0 saturated carbocycles. The maximum absolute atomic E-state index is 11.7. The average Bonchev–Trinajstić information content (AvgIpc) is 3.10. The lowest BCUT2D eigenvalue weighted by Crippen LogP contribution is -2.50. The third-order valence-electron chi connectivity index (χ3n) is 4.97. The molecular formula is C20H23N5O. The van der Waals surface area contributed by atoms with E-state index in [4.69, 9.17) is 5.73 Å². The third-order valence-corrected chi connectivity index (χ3v) is 4.97. The minimum absolute atomic E-state index is 0.0256. The van der Waals surface area contributed by atoms with Gasteiger partial charge in [-0.05, 0) is 42.8 Å². The molecular weight excluding hydrogens is 326 g/mol. The molecule has 2 aromatic carbocycles. The summed E-state index contributed by atoms with van der Waals surface area (Å²) in [4.78, 5) is 15.9. The number of aromatic nitrogens is 2. The van der Waals surface area contributed by atoms with Crippen LogP contribution in [0.25, 0.3) is 16.6 Å². The molecule has 0 bridgehead atoms. The molecule has 2 heterocycles. The number of rotatable bonds is 3. The van der Waals surface area contributed by atoms with E-state index in [1.165, 1.54) is 5.56 Å². The lowest BCUT2D eigenvalue weighted by Gasteiger charge is -2.36. The lowest BCUT2D eigenvalue weighted by molar-refractivity contribution is -0.129. The number of anilines is 1. The van der Waals surface area contributed by atoms with Crippen LogP contribution in [0.4, 0.5) is 5.69 Å². The zero-order valence-electron chi connectivity index (χ0n) is 14.9. The number of nitrogens with zero attached hydrogens (tertiary/aromatic N) is 4. The van der Waals surface area contributed by atoms with E-state index in [9.17, 15) is 4.79 Å². The molecule has 0 unspecified atom stereocenters. The summed E-state index contributed by atoms with van der Waals surface area (Å²) in [5.41, 5.74) is 9.99. The maximum atomic E-state index is 11.7. The normalized spacial score (nSPS) is 14.8. The topological polar surface area (TPSA) is 67.4 Å². The fraction of sp³-hybridized carbons (Fsp3) is 0.300. The predicted molar refractivity (Wildman–Crippen MR) is 104 cm³/mol. The summed E-state index contributed by atoms with van der Waals surface area (Å²) in [7, 11) is 0. The van der Waals surface area contributed by atoms with Crippen LogP contribution >= 0.6 is 0 Å². The van der Waals surface area contributed by atoms with Crippen molar-refractivity contribution in [3.8, 4) is 5.69 Å². The second-order valence-electron chi connectivity index (χ2n) is 6.71. The van der Waals surface area contributed by atoms with Gasteiger partial charge in [0.1, 0.15) is 0 Å². The van der Waals surface area contributed by atoms with E-state index in [0.29, 0.717) is 13.1 Å². The first-order chi connectivity index (χ1) is 12.7. The second kappa shape index (κ2) is 6.80. The first-order valence-electron chi connectivity index (χ1n) is 8.93. The van der Waals surface area contributed by atoms with Gasteiger partial charge in [-0.25, -0.2) is 4.68 Å². The zero-order chi connectivity index (χ0) is 18.1. The smallest absolute Gasteiger partial charge is 0.236 e. The Balaban J connectivity index is 1.62. The van der Waals surface area contributed by atoms with Gasteiger partial charge in [0.05, 0.1) is 23.9 Å². The van der Waals surface area contributed by atoms with Crippen LogP contribution in [0.5, 0.6) is 0 Å². The number of hydrogen-bond acceptors (Lipinski definition) is 4. The Kier molecular flexibility index (Phi) is 4.34. The van der Waals surface area contributed by atoms with E-state index in [-0.39, 0.29) is 12.5 Å². The molecule has 6 heteroatoms. The fourth-order valence-corrected chi connectivity index (χ4v) is 3.51. The summed E-state index contributed by atoms with van der Waals surface area (Å²) >= 11 is 0. The molecule has 0 spiro atoms. The molecule has 6 nitrogen and oxygen atoms in total. The van der Waals surface area contributed by atoms with Crippen molar-refractivity contribution in [2.24, 2.45) is 5.73 Å². The molecule has 4 rings (SSSR count). The van der Waals surface area contributed by atoms with Crippen molar-refractivity contribution in [2.75, 3.05) is 37.6 Å². The van der Waals surface area contributed by atoms with Crippen LogP contribution in [-0.2, 0) is 4.79 Å². The number of carbonyl (C=O) groups is 1. The molecule has 1 amide bonds. The summed E-state index contributed by atoms with van der Waals surface area (Å²) in [6.07, 6.45) is 1.90. The first kappa shape index (κ1) is 16.6. The maximum Gasteiger partial charge on any atom is 0.236 e. The first-order valence-corrected chi connectivity index (χ1v) is 8.93. The molecule has 1 aromatic heterocycles. The molecule has 0 radical (unpaired) electrons. The van der Waals surface area contributed by atoms with Crippen molar-refractivity contribution in [2.45, 2.75) is 6.92 Å². The molecule has 26 heavy (non-hydrogen) atoms. The van der Waals surface area contributed by atoms with Crippen LogP contribution in [0.2, 0.25) is 0 Å². The Bertz CT molecular complexity index is 940. The van der Waals surface area contributed by atoms with Crippen LogP contribution in [0.3, 0.4) is 0 Å². The second-order valence-corrected chi connectivity index (χ2v) is 6.71. The van der Waals surface area contributed by atoms with E-state index < -0.39 is 0 Å². The van der Waals surface area contributed by atoms with Gasteiger partial charge >= 0.3 is 0 Å². The number of fused-ring (bicyclic) bond motifs is 1. The monoisotopic (exact) mass is 349 g/mol. The van der Waals surface area contributed by atoms with E-state index in [1.807, 2.05) is 15.8 Å². The summed E-state index contributed by atoms with van der Waals surface area (Å²) < 4.78 is 1.99. The van der Waals surface area contributed by atoms with Crippen LogP contribution in [0.1, 0.15) is 5.56 Å². The Morgan fingerprint density at radius 3 is 2.62 bits per heavy atom. The number of piperazine rings is 1. The third kappa shape index (κ3) is 3.04. The number of amides is 1. The van der Waals surface area contributed by atoms with Gasteiger partial charge < -0.3 is 15.5 Å². The quantitative estimate of drug-likeness (QED) is 0.785. The molecule has 1 saturated heterocycles. The minimum Gasteiger partial charge on any atom is -0.368 e.